The van der Waals surface area contributed by atoms with Crippen LogP contribution in [-0.4, -0.2) is 36.9 Å². The first-order valence-corrected chi connectivity index (χ1v) is 9.71. The molecule has 2 N–H and O–H groups in total. The van der Waals surface area contributed by atoms with Crippen LogP contribution in [0.1, 0.15) is 30.0 Å². The molecule has 29 heavy (non-hydrogen) atoms. The maximum absolute atomic E-state index is 13.6. The van der Waals surface area contributed by atoms with E-state index in [1.54, 1.807) is 0 Å². The molecular formula is C22H25F2N3O2. The highest BCUT2D eigenvalue weighted by Gasteiger charge is 2.30. The summed E-state index contributed by atoms with van der Waals surface area (Å²) in [4.78, 5) is 27.4. The van der Waals surface area contributed by atoms with Gasteiger partial charge in [-0.15, -0.1) is 0 Å². The molecule has 0 saturated carbocycles. The molecule has 0 radical (unpaired) electrons. The number of hydrogen-bond donors (Lipinski definition) is 2. The summed E-state index contributed by atoms with van der Waals surface area (Å²) >= 11 is 0. The van der Waals surface area contributed by atoms with Crippen LogP contribution in [0.2, 0.25) is 0 Å². The quantitative estimate of drug-likeness (QED) is 0.783. The number of hydrogen-bond acceptors (Lipinski definition) is 3. The summed E-state index contributed by atoms with van der Waals surface area (Å²) in [6.07, 6.45) is 1.59. The molecule has 7 heteroatoms. The van der Waals surface area contributed by atoms with Gasteiger partial charge < -0.3 is 10.6 Å². The number of likely N-dealkylation sites (N-methyl/N-ethyl adjacent to an activating group) is 1. The van der Waals surface area contributed by atoms with Gasteiger partial charge in [0.25, 0.3) is 0 Å². The van der Waals surface area contributed by atoms with E-state index in [-0.39, 0.29) is 17.4 Å². The highest BCUT2D eigenvalue weighted by Crippen LogP contribution is 2.22. The Morgan fingerprint density at radius 1 is 1.14 bits per heavy atom. The summed E-state index contributed by atoms with van der Waals surface area (Å²) in [7, 11) is 1.43. The Morgan fingerprint density at radius 2 is 1.90 bits per heavy atom. The summed E-state index contributed by atoms with van der Waals surface area (Å²) in [6.45, 7) is 2.24. The lowest BCUT2D eigenvalue weighted by Crippen LogP contribution is -2.46. The molecule has 0 aromatic heterocycles. The van der Waals surface area contributed by atoms with Crippen molar-refractivity contribution >= 4 is 11.8 Å². The molecule has 1 saturated heterocycles. The van der Waals surface area contributed by atoms with Crippen LogP contribution in [0.3, 0.4) is 0 Å². The molecule has 1 aliphatic heterocycles. The number of carbonyl (C=O) groups excluding carboxylic acids is 2. The van der Waals surface area contributed by atoms with E-state index in [0.29, 0.717) is 6.54 Å². The minimum Gasteiger partial charge on any atom is -0.357 e. The zero-order valence-electron chi connectivity index (χ0n) is 16.3. The molecule has 2 aromatic carbocycles. The minimum absolute atomic E-state index is 0.202. The number of likely N-dealkylation sites (tertiary alicyclic amines) is 1. The van der Waals surface area contributed by atoms with Gasteiger partial charge in [-0.3, -0.25) is 14.5 Å². The first-order valence-electron chi connectivity index (χ1n) is 9.71. The van der Waals surface area contributed by atoms with Crippen molar-refractivity contribution in [1.82, 2.24) is 15.5 Å². The van der Waals surface area contributed by atoms with Crippen molar-refractivity contribution < 1.29 is 18.4 Å². The van der Waals surface area contributed by atoms with Gasteiger partial charge in [0.1, 0.15) is 6.04 Å². The van der Waals surface area contributed by atoms with Gasteiger partial charge in [0, 0.05) is 20.1 Å². The predicted molar refractivity (Wildman–Crippen MR) is 106 cm³/mol. The Balaban J connectivity index is 1.68. The normalized spacial score (nSPS) is 18.1. The molecule has 5 nitrogen and oxygen atoms in total. The van der Waals surface area contributed by atoms with Crippen LogP contribution in [0.25, 0.3) is 0 Å². The summed E-state index contributed by atoms with van der Waals surface area (Å²) in [6, 6.07) is 12.2. The van der Waals surface area contributed by atoms with Gasteiger partial charge in [-0.05, 0) is 42.6 Å². The van der Waals surface area contributed by atoms with Gasteiger partial charge >= 0.3 is 0 Å². The highest BCUT2D eigenvalue weighted by molar-refractivity contribution is 5.89. The van der Waals surface area contributed by atoms with Gasteiger partial charge in [-0.25, -0.2) is 8.78 Å². The monoisotopic (exact) mass is 401 g/mol. The van der Waals surface area contributed by atoms with Gasteiger partial charge in [0.05, 0.1) is 5.92 Å². The molecule has 2 aromatic rings. The average molecular weight is 401 g/mol. The number of nitrogens with zero attached hydrogens (tertiary/aromatic N) is 1. The van der Waals surface area contributed by atoms with Crippen molar-refractivity contribution in [2.75, 3.05) is 20.1 Å². The number of halogens is 2. The third-order valence-electron chi connectivity index (χ3n) is 5.20. The van der Waals surface area contributed by atoms with Crippen molar-refractivity contribution in [3.05, 3.63) is 71.3 Å². The van der Waals surface area contributed by atoms with Crippen LogP contribution >= 0.6 is 0 Å². The van der Waals surface area contributed by atoms with Crippen LogP contribution in [-0.2, 0) is 16.1 Å². The number of carbonyl (C=O) groups is 2. The second kappa shape index (κ2) is 9.60. The Hall–Kier alpha value is -2.80. The van der Waals surface area contributed by atoms with E-state index >= 15 is 0 Å². The van der Waals surface area contributed by atoms with Crippen molar-refractivity contribution in [2.45, 2.75) is 25.4 Å². The van der Waals surface area contributed by atoms with Gasteiger partial charge in [-0.2, -0.15) is 0 Å². The van der Waals surface area contributed by atoms with Crippen LogP contribution in [0, 0.1) is 17.6 Å². The lowest BCUT2D eigenvalue weighted by Gasteiger charge is -2.32. The Bertz CT molecular complexity index is 860. The van der Waals surface area contributed by atoms with Crippen LogP contribution in [0.15, 0.2) is 48.5 Å². The number of piperidine rings is 1. The van der Waals surface area contributed by atoms with Crippen LogP contribution in [0.5, 0.6) is 0 Å². The standard InChI is InChI=1S/C22H25F2N3O2/c1-25-22(29)20(16-9-10-18(23)19(24)12-16)26-21(28)17-8-5-11-27(14-17)13-15-6-3-2-4-7-15/h2-4,6-7,9-10,12,17,20H,5,8,11,13-14H2,1H3,(H,25,29)(H,26,28). The Morgan fingerprint density at radius 3 is 2.59 bits per heavy atom. The third kappa shape index (κ3) is 5.38. The second-order valence-electron chi connectivity index (χ2n) is 7.29. The lowest BCUT2D eigenvalue weighted by atomic mass is 9.95. The highest BCUT2D eigenvalue weighted by atomic mass is 19.2. The largest absolute Gasteiger partial charge is 0.357 e. The number of rotatable bonds is 6. The van der Waals surface area contributed by atoms with Gasteiger partial charge in [0.2, 0.25) is 11.8 Å². The van der Waals surface area contributed by atoms with E-state index in [9.17, 15) is 18.4 Å². The number of amides is 2. The van der Waals surface area contributed by atoms with E-state index in [4.69, 9.17) is 0 Å². The molecule has 3 rings (SSSR count). The fourth-order valence-electron chi connectivity index (χ4n) is 3.65. The van der Waals surface area contributed by atoms with E-state index < -0.39 is 23.6 Å². The molecule has 0 aliphatic carbocycles. The Labute approximate surface area is 169 Å². The topological polar surface area (TPSA) is 61.4 Å². The second-order valence-corrected chi connectivity index (χ2v) is 7.29. The molecule has 0 spiro atoms. The summed E-state index contributed by atoms with van der Waals surface area (Å²) in [5.41, 5.74) is 1.38. The van der Waals surface area contributed by atoms with Crippen molar-refractivity contribution in [3.63, 3.8) is 0 Å². The summed E-state index contributed by atoms with van der Waals surface area (Å²) in [5.74, 6) is -3.08. The molecule has 154 valence electrons. The average Bonchev–Trinajstić information content (AvgIpc) is 2.74. The fourth-order valence-corrected chi connectivity index (χ4v) is 3.65. The Kier molecular flexibility index (Phi) is 6.93. The van der Waals surface area contributed by atoms with Crippen molar-refractivity contribution in [1.29, 1.82) is 0 Å². The van der Waals surface area contributed by atoms with E-state index in [2.05, 4.69) is 15.5 Å². The van der Waals surface area contributed by atoms with E-state index in [0.717, 1.165) is 38.1 Å². The molecule has 1 heterocycles. The van der Waals surface area contributed by atoms with Gasteiger partial charge in [0.15, 0.2) is 11.6 Å². The lowest BCUT2D eigenvalue weighted by molar-refractivity contribution is -0.132. The van der Waals surface area contributed by atoms with E-state index in [1.807, 2.05) is 30.3 Å². The molecular weight excluding hydrogens is 376 g/mol. The molecule has 0 bridgehead atoms. The number of benzene rings is 2. The minimum atomic E-state index is -1.08. The first kappa shape index (κ1) is 20.9. The van der Waals surface area contributed by atoms with Crippen LogP contribution in [0.4, 0.5) is 8.78 Å². The molecule has 1 aliphatic rings. The van der Waals surface area contributed by atoms with E-state index in [1.165, 1.54) is 18.7 Å². The van der Waals surface area contributed by atoms with Crippen LogP contribution < -0.4 is 10.6 Å². The SMILES string of the molecule is CNC(=O)C(NC(=O)C1CCCN(Cc2ccccc2)C1)c1ccc(F)c(F)c1. The molecule has 1 fully saturated rings. The van der Waals surface area contributed by atoms with Gasteiger partial charge in [-0.1, -0.05) is 36.4 Å². The van der Waals surface area contributed by atoms with Crippen molar-refractivity contribution in [2.24, 2.45) is 5.92 Å². The molecule has 2 amide bonds. The number of nitrogens with one attached hydrogen (secondary N) is 2. The van der Waals surface area contributed by atoms with Crippen molar-refractivity contribution in [3.8, 4) is 0 Å². The fraction of sp³-hybridized carbons (Fsp3) is 0.364. The smallest absolute Gasteiger partial charge is 0.246 e. The molecule has 2 atom stereocenters. The maximum Gasteiger partial charge on any atom is 0.246 e. The zero-order chi connectivity index (χ0) is 20.8. The maximum atomic E-state index is 13.6. The third-order valence-corrected chi connectivity index (χ3v) is 5.20. The zero-order valence-corrected chi connectivity index (χ0v) is 16.3. The predicted octanol–water partition coefficient (Wildman–Crippen LogP) is 2.78. The summed E-state index contributed by atoms with van der Waals surface area (Å²) < 4.78 is 26.9. The summed E-state index contributed by atoms with van der Waals surface area (Å²) in [5, 5.41) is 5.19. The molecule has 2 unspecified atom stereocenters. The first-order chi connectivity index (χ1) is 14.0.